The number of hydrogen-bond acceptors (Lipinski definition) is 5. The number of methoxy groups -OCH3 is 1. The van der Waals surface area contributed by atoms with Crippen LogP contribution >= 0.6 is 11.8 Å². The molecule has 0 saturated carbocycles. The Hall–Kier alpha value is -0.790. The van der Waals surface area contributed by atoms with Crippen molar-refractivity contribution in [2.75, 3.05) is 32.7 Å². The lowest BCUT2D eigenvalue weighted by Gasteiger charge is -2.26. The molecule has 0 spiro atoms. The summed E-state index contributed by atoms with van der Waals surface area (Å²) >= 11 is 1.50. The molecule has 2 atom stereocenters. The van der Waals surface area contributed by atoms with Crippen LogP contribution in [0.1, 0.15) is 13.3 Å². The molecule has 0 bridgehead atoms. The summed E-state index contributed by atoms with van der Waals surface area (Å²) in [5.41, 5.74) is 0. The fraction of sp³-hybridized carbons (Fsp3) is 0.818. The van der Waals surface area contributed by atoms with Crippen molar-refractivity contribution >= 4 is 23.6 Å². The van der Waals surface area contributed by atoms with E-state index in [1.54, 1.807) is 7.11 Å². The van der Waals surface area contributed by atoms with Crippen LogP contribution in [0.2, 0.25) is 0 Å². The molecule has 18 heavy (non-hydrogen) atoms. The highest BCUT2D eigenvalue weighted by Gasteiger charge is 2.40. The van der Waals surface area contributed by atoms with E-state index in [-0.39, 0.29) is 17.9 Å². The van der Waals surface area contributed by atoms with Crippen LogP contribution in [0.3, 0.4) is 0 Å². The maximum Gasteiger partial charge on any atom is 0.327 e. The number of ether oxygens (including phenoxy) is 2. The summed E-state index contributed by atoms with van der Waals surface area (Å²) in [5, 5.41) is 9.02. The van der Waals surface area contributed by atoms with Crippen molar-refractivity contribution in [3.63, 3.8) is 0 Å². The van der Waals surface area contributed by atoms with Gasteiger partial charge in [-0.15, -0.1) is 11.8 Å². The zero-order chi connectivity index (χ0) is 13.5. The van der Waals surface area contributed by atoms with Gasteiger partial charge in [-0.2, -0.15) is 0 Å². The van der Waals surface area contributed by atoms with Gasteiger partial charge in [-0.1, -0.05) is 6.92 Å². The van der Waals surface area contributed by atoms with Crippen molar-refractivity contribution < 1.29 is 24.2 Å². The molecule has 0 aromatic heterocycles. The van der Waals surface area contributed by atoms with E-state index < -0.39 is 12.0 Å². The predicted molar refractivity (Wildman–Crippen MR) is 67.5 cm³/mol. The molecule has 0 aliphatic carbocycles. The Morgan fingerprint density at radius 2 is 2.17 bits per heavy atom. The van der Waals surface area contributed by atoms with Crippen LogP contribution in [0.5, 0.6) is 0 Å². The molecule has 1 heterocycles. The minimum atomic E-state index is -0.955. The van der Waals surface area contributed by atoms with Crippen molar-refractivity contribution in [2.24, 2.45) is 0 Å². The third kappa shape index (κ3) is 3.86. The molecule has 7 heteroatoms. The molecule has 0 aromatic carbocycles. The molecule has 2 unspecified atom stereocenters. The third-order valence-corrected chi connectivity index (χ3v) is 4.13. The van der Waals surface area contributed by atoms with Gasteiger partial charge in [0.1, 0.15) is 12.6 Å². The average molecular weight is 277 g/mol. The van der Waals surface area contributed by atoms with Gasteiger partial charge < -0.3 is 19.5 Å². The number of hydrogen-bond donors (Lipinski definition) is 1. The van der Waals surface area contributed by atoms with E-state index >= 15 is 0 Å². The Morgan fingerprint density at radius 3 is 2.72 bits per heavy atom. The Labute approximate surface area is 111 Å². The van der Waals surface area contributed by atoms with Gasteiger partial charge in [0.15, 0.2) is 0 Å². The number of nitrogens with zero attached hydrogens (tertiary/aromatic N) is 1. The minimum absolute atomic E-state index is 0.0652. The number of carboxylic acids is 1. The van der Waals surface area contributed by atoms with E-state index in [0.717, 1.165) is 6.42 Å². The Bertz CT molecular complexity index is 299. The summed E-state index contributed by atoms with van der Waals surface area (Å²) in [7, 11) is 1.55. The maximum absolute atomic E-state index is 12.0. The highest BCUT2D eigenvalue weighted by atomic mass is 32.2. The lowest BCUT2D eigenvalue weighted by atomic mass is 10.2. The zero-order valence-corrected chi connectivity index (χ0v) is 11.4. The van der Waals surface area contributed by atoms with E-state index in [1.165, 1.54) is 16.7 Å². The second kappa shape index (κ2) is 7.60. The van der Waals surface area contributed by atoms with Gasteiger partial charge in [0.25, 0.3) is 0 Å². The zero-order valence-electron chi connectivity index (χ0n) is 10.6. The van der Waals surface area contributed by atoms with Gasteiger partial charge in [0.2, 0.25) is 5.91 Å². The monoisotopic (exact) mass is 277 g/mol. The van der Waals surface area contributed by atoms with Crippen molar-refractivity contribution in [1.29, 1.82) is 0 Å². The average Bonchev–Trinajstić information content (AvgIpc) is 2.78. The summed E-state index contributed by atoms with van der Waals surface area (Å²) < 4.78 is 9.95. The van der Waals surface area contributed by atoms with Crippen molar-refractivity contribution in [1.82, 2.24) is 4.90 Å². The van der Waals surface area contributed by atoms with Crippen LogP contribution < -0.4 is 0 Å². The molecule has 1 aliphatic heterocycles. The van der Waals surface area contributed by atoms with Gasteiger partial charge in [-0.3, -0.25) is 4.79 Å². The molecular formula is C11H19NO5S. The first-order valence-electron chi connectivity index (χ1n) is 5.84. The number of thioether (sulfide) groups is 1. The van der Waals surface area contributed by atoms with Gasteiger partial charge in [0.05, 0.1) is 18.6 Å². The number of carbonyl (C=O) groups excluding carboxylic acids is 1. The van der Waals surface area contributed by atoms with Crippen molar-refractivity contribution in [3.8, 4) is 0 Å². The second-order valence-electron chi connectivity index (χ2n) is 3.90. The fourth-order valence-electron chi connectivity index (χ4n) is 1.78. The Kier molecular flexibility index (Phi) is 6.45. The normalized spacial score (nSPS) is 23.3. The molecule has 1 fully saturated rings. The molecule has 0 aromatic rings. The van der Waals surface area contributed by atoms with Crippen LogP contribution in [0, 0.1) is 0 Å². The Morgan fingerprint density at radius 1 is 1.44 bits per heavy atom. The van der Waals surface area contributed by atoms with Gasteiger partial charge in [0, 0.05) is 12.9 Å². The van der Waals surface area contributed by atoms with E-state index in [0.29, 0.717) is 19.0 Å². The minimum Gasteiger partial charge on any atom is -0.480 e. The highest BCUT2D eigenvalue weighted by Crippen LogP contribution is 2.31. The van der Waals surface area contributed by atoms with E-state index in [4.69, 9.17) is 14.6 Å². The molecule has 6 nitrogen and oxygen atoms in total. The largest absolute Gasteiger partial charge is 0.480 e. The lowest BCUT2D eigenvalue weighted by molar-refractivity contribution is -0.151. The first-order chi connectivity index (χ1) is 8.61. The summed E-state index contributed by atoms with van der Waals surface area (Å²) in [6.07, 6.45) is 0.734. The number of amides is 1. The van der Waals surface area contributed by atoms with E-state index in [1.807, 2.05) is 6.92 Å². The van der Waals surface area contributed by atoms with Gasteiger partial charge >= 0.3 is 5.97 Å². The SMILES string of the molecule is CCC1SCC(C(=O)O)N1C(=O)COCCOC. The molecule has 1 saturated heterocycles. The first kappa shape index (κ1) is 15.3. The molecule has 1 aliphatic rings. The lowest BCUT2D eigenvalue weighted by Crippen LogP contribution is -2.47. The summed E-state index contributed by atoms with van der Waals surface area (Å²) in [6.45, 7) is 2.59. The predicted octanol–water partition coefficient (Wildman–Crippen LogP) is 0.414. The molecule has 1 N–H and O–H groups in total. The topological polar surface area (TPSA) is 76.1 Å². The molecule has 104 valence electrons. The Balaban J connectivity index is 2.52. The first-order valence-corrected chi connectivity index (χ1v) is 6.89. The fourth-order valence-corrected chi connectivity index (χ4v) is 3.15. The highest BCUT2D eigenvalue weighted by molar-refractivity contribution is 8.00. The van der Waals surface area contributed by atoms with Crippen LogP contribution in [-0.2, 0) is 19.1 Å². The number of carboxylic acid groups (broad SMARTS) is 1. The molecular weight excluding hydrogens is 258 g/mol. The standard InChI is InChI=1S/C11H19NO5S/c1-3-10-12(8(7-18-10)11(14)15)9(13)6-17-5-4-16-2/h8,10H,3-7H2,1-2H3,(H,14,15). The van der Waals surface area contributed by atoms with Gasteiger partial charge in [-0.05, 0) is 6.42 Å². The van der Waals surface area contributed by atoms with Crippen molar-refractivity contribution in [3.05, 3.63) is 0 Å². The van der Waals surface area contributed by atoms with Crippen molar-refractivity contribution in [2.45, 2.75) is 24.8 Å². The molecule has 1 rings (SSSR count). The van der Waals surface area contributed by atoms with E-state index in [2.05, 4.69) is 0 Å². The van der Waals surface area contributed by atoms with Gasteiger partial charge in [-0.25, -0.2) is 4.79 Å². The maximum atomic E-state index is 12.0. The smallest absolute Gasteiger partial charge is 0.327 e. The van der Waals surface area contributed by atoms with Crippen LogP contribution in [0.25, 0.3) is 0 Å². The third-order valence-electron chi connectivity index (χ3n) is 2.67. The second-order valence-corrected chi connectivity index (χ2v) is 5.11. The number of carbonyl (C=O) groups is 2. The summed E-state index contributed by atoms with van der Waals surface area (Å²) in [4.78, 5) is 24.5. The molecule has 0 radical (unpaired) electrons. The van der Waals surface area contributed by atoms with E-state index in [9.17, 15) is 9.59 Å². The van der Waals surface area contributed by atoms with Crippen LogP contribution in [-0.4, -0.2) is 66.0 Å². The summed E-state index contributed by atoms with van der Waals surface area (Å²) in [6, 6.07) is -0.738. The van der Waals surface area contributed by atoms with Crippen LogP contribution in [0.4, 0.5) is 0 Å². The number of rotatable bonds is 7. The molecule has 1 amide bonds. The van der Waals surface area contributed by atoms with Crippen LogP contribution in [0.15, 0.2) is 0 Å². The quantitative estimate of drug-likeness (QED) is 0.679. The number of aliphatic carboxylic acids is 1. The summed E-state index contributed by atoms with van der Waals surface area (Å²) in [5.74, 6) is -0.781.